The molecule has 2 aromatic carbocycles. The highest BCUT2D eigenvalue weighted by atomic mass is 32.1. The molecule has 0 fully saturated rings. The Morgan fingerprint density at radius 3 is 2.05 bits per heavy atom. The molecule has 0 heterocycles. The number of thiocarbonyl (C=S) groups is 1. The van der Waals surface area contributed by atoms with E-state index in [9.17, 15) is 4.79 Å². The van der Waals surface area contributed by atoms with Gasteiger partial charge in [-0.15, -0.1) is 0 Å². The lowest BCUT2D eigenvalue weighted by Gasteiger charge is -2.21. The molecule has 1 aliphatic carbocycles. The molecular formula is C16H13N3OS. The third-order valence-corrected chi connectivity index (χ3v) is 3.69. The summed E-state index contributed by atoms with van der Waals surface area (Å²) in [6, 6.07) is 15.2. The van der Waals surface area contributed by atoms with Gasteiger partial charge in [-0.1, -0.05) is 48.5 Å². The zero-order valence-electron chi connectivity index (χ0n) is 11.4. The van der Waals surface area contributed by atoms with Gasteiger partial charge in [-0.05, 0) is 23.3 Å². The number of nitrogens with two attached hydrogens (primary N) is 1. The van der Waals surface area contributed by atoms with Gasteiger partial charge >= 0.3 is 0 Å². The second-order valence-corrected chi connectivity index (χ2v) is 5.15. The van der Waals surface area contributed by atoms with E-state index in [1.807, 2.05) is 48.5 Å². The first-order valence-corrected chi connectivity index (χ1v) is 6.85. The van der Waals surface area contributed by atoms with Crippen molar-refractivity contribution in [2.45, 2.75) is 0 Å². The monoisotopic (exact) mass is 295 g/mol. The Hall–Kier alpha value is -2.53. The largest absolute Gasteiger partial charge is 0.375 e. The number of hydrazone groups is 1. The van der Waals surface area contributed by atoms with Crippen LogP contribution in [0.25, 0.3) is 11.1 Å². The van der Waals surface area contributed by atoms with Crippen molar-refractivity contribution in [1.29, 1.82) is 0 Å². The normalized spacial score (nSPS) is 14.5. The molecule has 0 saturated heterocycles. The number of carbonyl (C=O) groups excluding carboxylic acids is 1. The van der Waals surface area contributed by atoms with Crippen LogP contribution in [-0.2, 0) is 0 Å². The minimum Gasteiger partial charge on any atom is -0.375 e. The predicted octanol–water partition coefficient (Wildman–Crippen LogP) is 2.43. The average Bonchev–Trinajstić information content (AvgIpc) is 2.51. The van der Waals surface area contributed by atoms with Crippen LogP contribution in [-0.4, -0.2) is 28.7 Å². The molecule has 4 nitrogen and oxygen atoms in total. The first kappa shape index (κ1) is 13.5. The zero-order valence-corrected chi connectivity index (χ0v) is 12.2. The van der Waals surface area contributed by atoms with Crippen LogP contribution >= 0.6 is 12.2 Å². The number of fused-ring (bicyclic) bond motifs is 3. The highest BCUT2D eigenvalue weighted by molar-refractivity contribution is 7.80. The first-order chi connectivity index (χ1) is 10.1. The Labute approximate surface area is 127 Å². The number of rotatable bonds is 1. The second-order valence-electron chi connectivity index (χ2n) is 4.73. The summed E-state index contributed by atoms with van der Waals surface area (Å²) < 4.78 is 0. The summed E-state index contributed by atoms with van der Waals surface area (Å²) in [6.07, 6.45) is 0. The summed E-state index contributed by atoms with van der Waals surface area (Å²) >= 11 is 4.89. The molecule has 1 aliphatic rings. The van der Waals surface area contributed by atoms with Gasteiger partial charge < -0.3 is 5.73 Å². The van der Waals surface area contributed by atoms with Crippen LogP contribution in [0.4, 0.5) is 0 Å². The molecule has 0 radical (unpaired) electrons. The summed E-state index contributed by atoms with van der Waals surface area (Å²) in [4.78, 5) is 12.7. The molecule has 0 bridgehead atoms. The Bertz CT molecular complexity index is 783. The molecule has 3 rings (SSSR count). The summed E-state index contributed by atoms with van der Waals surface area (Å²) in [5, 5.41) is 5.75. The van der Waals surface area contributed by atoms with Crippen LogP contribution in [0.1, 0.15) is 15.9 Å². The van der Waals surface area contributed by atoms with Gasteiger partial charge in [0.15, 0.2) is 5.11 Å². The minimum atomic E-state index is -0.118. The van der Waals surface area contributed by atoms with Crippen LogP contribution in [0.15, 0.2) is 53.6 Å². The Morgan fingerprint density at radius 2 is 1.48 bits per heavy atom. The van der Waals surface area contributed by atoms with Crippen LogP contribution < -0.4 is 5.73 Å². The fraction of sp³-hybridized carbons (Fsp3) is 0.0625. The smallest absolute Gasteiger partial charge is 0.214 e. The van der Waals surface area contributed by atoms with Crippen LogP contribution in [0.2, 0.25) is 0 Å². The van der Waals surface area contributed by atoms with Crippen molar-refractivity contribution >= 4 is 28.8 Å². The van der Waals surface area contributed by atoms with Crippen molar-refractivity contribution in [2.24, 2.45) is 10.8 Å². The quantitative estimate of drug-likeness (QED) is 0.648. The van der Waals surface area contributed by atoms with Crippen LogP contribution in [0.5, 0.6) is 0 Å². The number of Topliss-reactive ketones (excluding diaryl/α,β-unsaturated/α-hetero) is 1. The highest BCUT2D eigenvalue weighted by Crippen LogP contribution is 2.33. The number of carbonyl (C=O) groups is 1. The minimum absolute atomic E-state index is 0.117. The Morgan fingerprint density at radius 1 is 1.00 bits per heavy atom. The van der Waals surface area contributed by atoms with E-state index in [4.69, 9.17) is 18.0 Å². The van der Waals surface area contributed by atoms with Gasteiger partial charge in [0.05, 0.1) is 0 Å². The SMILES string of the molecule is CN(N=C1C(=O)c2ccccc2-c2ccccc21)C(N)=S. The number of hydrogen-bond donors (Lipinski definition) is 1. The topological polar surface area (TPSA) is 58.7 Å². The molecule has 0 amide bonds. The molecule has 0 spiro atoms. The number of hydrogen-bond acceptors (Lipinski definition) is 3. The van der Waals surface area contributed by atoms with Crippen molar-refractivity contribution in [1.82, 2.24) is 5.01 Å². The van der Waals surface area contributed by atoms with Gasteiger partial charge in [0.2, 0.25) is 5.78 Å². The van der Waals surface area contributed by atoms with Crippen molar-refractivity contribution in [3.8, 4) is 11.1 Å². The zero-order chi connectivity index (χ0) is 15.0. The van der Waals surface area contributed by atoms with Crippen LogP contribution in [0, 0.1) is 0 Å². The molecule has 0 aliphatic heterocycles. The number of ketones is 1. The van der Waals surface area contributed by atoms with Gasteiger partial charge in [0.1, 0.15) is 5.71 Å². The maximum Gasteiger partial charge on any atom is 0.214 e. The van der Waals surface area contributed by atoms with Crippen molar-refractivity contribution < 1.29 is 4.79 Å². The maximum absolute atomic E-state index is 12.7. The first-order valence-electron chi connectivity index (χ1n) is 6.45. The summed E-state index contributed by atoms with van der Waals surface area (Å²) in [6.45, 7) is 0. The standard InChI is InChI=1S/C16H13N3OS/c1-19(16(17)21)18-14-12-8-4-2-6-10(12)11-7-3-5-9-13(11)15(14)20/h2-9H,1H3,(H2,17,21). The van der Waals surface area contributed by atoms with Crippen molar-refractivity contribution in [3.05, 3.63) is 59.7 Å². The fourth-order valence-corrected chi connectivity index (χ4v) is 2.43. The average molecular weight is 295 g/mol. The van der Waals surface area contributed by atoms with Crippen molar-refractivity contribution in [3.63, 3.8) is 0 Å². The summed E-state index contributed by atoms with van der Waals surface area (Å²) in [5.41, 5.74) is 9.27. The summed E-state index contributed by atoms with van der Waals surface area (Å²) in [5.74, 6) is -0.118. The lowest BCUT2D eigenvalue weighted by atomic mass is 9.83. The van der Waals surface area contributed by atoms with E-state index in [-0.39, 0.29) is 10.9 Å². The molecule has 0 unspecified atom stereocenters. The molecule has 0 atom stereocenters. The molecule has 2 N–H and O–H groups in total. The Kier molecular flexibility index (Phi) is 3.27. The van der Waals surface area contributed by atoms with Crippen LogP contribution in [0.3, 0.4) is 0 Å². The van der Waals surface area contributed by atoms with Crippen molar-refractivity contribution in [2.75, 3.05) is 7.05 Å². The Balaban J connectivity index is 2.26. The molecule has 0 saturated carbocycles. The van der Waals surface area contributed by atoms with Gasteiger partial charge in [-0.3, -0.25) is 4.79 Å². The van der Waals surface area contributed by atoms with Gasteiger partial charge in [0.25, 0.3) is 0 Å². The van der Waals surface area contributed by atoms with E-state index < -0.39 is 0 Å². The molecular weight excluding hydrogens is 282 g/mol. The van der Waals surface area contributed by atoms with Gasteiger partial charge in [-0.25, -0.2) is 5.01 Å². The lowest BCUT2D eigenvalue weighted by molar-refractivity contribution is 0.106. The molecule has 2 aromatic rings. The van der Waals surface area contributed by atoms with E-state index >= 15 is 0 Å². The lowest BCUT2D eigenvalue weighted by Crippen LogP contribution is -2.31. The highest BCUT2D eigenvalue weighted by Gasteiger charge is 2.28. The molecule has 21 heavy (non-hydrogen) atoms. The summed E-state index contributed by atoms with van der Waals surface area (Å²) in [7, 11) is 1.63. The number of nitrogens with zero attached hydrogens (tertiary/aromatic N) is 2. The van der Waals surface area contributed by atoms with E-state index in [2.05, 4.69) is 5.10 Å². The van der Waals surface area contributed by atoms with E-state index in [0.29, 0.717) is 11.3 Å². The predicted molar refractivity (Wildman–Crippen MR) is 87.3 cm³/mol. The van der Waals surface area contributed by atoms with E-state index in [1.54, 1.807) is 7.05 Å². The molecule has 0 aromatic heterocycles. The number of benzene rings is 2. The van der Waals surface area contributed by atoms with Gasteiger partial charge in [0, 0.05) is 18.2 Å². The van der Waals surface area contributed by atoms with E-state index in [1.165, 1.54) is 5.01 Å². The third-order valence-electron chi connectivity index (χ3n) is 3.43. The second kappa shape index (κ2) is 5.10. The van der Waals surface area contributed by atoms with Gasteiger partial charge in [-0.2, -0.15) is 5.10 Å². The molecule has 104 valence electrons. The maximum atomic E-state index is 12.7. The fourth-order valence-electron chi connectivity index (χ4n) is 2.39. The molecule has 5 heteroatoms. The third kappa shape index (κ3) is 2.21. The van der Waals surface area contributed by atoms with E-state index in [0.717, 1.165) is 16.7 Å².